The van der Waals surface area contributed by atoms with Crippen molar-refractivity contribution in [1.82, 2.24) is 45.2 Å². The molecule has 13 heteroatoms. The van der Waals surface area contributed by atoms with E-state index in [0.717, 1.165) is 168 Å². The first-order valence-corrected chi connectivity index (χ1v) is 26.4. The van der Waals surface area contributed by atoms with Crippen LogP contribution in [-0.2, 0) is 0 Å². The van der Waals surface area contributed by atoms with Gasteiger partial charge in [0, 0.05) is 116 Å². The Morgan fingerprint density at radius 2 is 0.948 bits per heavy atom. The topological polar surface area (TPSA) is 159 Å². The molecular formula is C64H53ClN10O2. The Bertz CT molecular complexity index is 4030. The summed E-state index contributed by atoms with van der Waals surface area (Å²) in [6.07, 6.45) is 25.4. The number of anilines is 1. The lowest BCUT2D eigenvalue weighted by atomic mass is 10.0. The van der Waals surface area contributed by atoms with E-state index in [1.807, 2.05) is 97.1 Å². The number of pyridine rings is 4. The summed E-state index contributed by atoms with van der Waals surface area (Å²) >= 11 is 6.34. The molecule has 0 unspecified atom stereocenters. The molecule has 0 saturated carbocycles. The molecule has 0 spiro atoms. The third-order valence-electron chi connectivity index (χ3n) is 14.2. The monoisotopic (exact) mass is 1030 g/mol. The van der Waals surface area contributed by atoms with E-state index in [4.69, 9.17) is 31.3 Å². The molecule has 77 heavy (non-hydrogen) atoms. The molecule has 9 heterocycles. The van der Waals surface area contributed by atoms with Crippen molar-refractivity contribution in [2.24, 2.45) is 0 Å². The number of unbranched alkanes of at least 4 members (excludes halogenated alkanes) is 5. The smallest absolute Gasteiger partial charge is 0.251 e. The average Bonchev–Trinajstić information content (AvgIpc) is 4.39. The molecule has 7 aromatic heterocycles. The second-order valence-electron chi connectivity index (χ2n) is 19.1. The van der Waals surface area contributed by atoms with Crippen LogP contribution in [0.1, 0.15) is 71.7 Å². The number of hydrogen-bond donors (Lipinski definition) is 4. The minimum Gasteiger partial charge on any atom is -0.497 e. The first-order valence-electron chi connectivity index (χ1n) is 26.0. The summed E-state index contributed by atoms with van der Waals surface area (Å²) in [4.78, 5) is 49.8. The van der Waals surface area contributed by atoms with Crippen molar-refractivity contribution in [3.63, 3.8) is 0 Å². The van der Waals surface area contributed by atoms with Gasteiger partial charge in [0.25, 0.3) is 5.91 Å². The molecule has 12 rings (SSSR count). The number of methoxy groups -OCH3 is 1. The first kappa shape index (κ1) is 48.7. The summed E-state index contributed by atoms with van der Waals surface area (Å²) < 4.78 is 5.53. The van der Waals surface area contributed by atoms with E-state index >= 15 is 0 Å². The minimum absolute atomic E-state index is 0.0954. The quantitative estimate of drug-likeness (QED) is 0.0546. The fraction of sp³-hybridized carbons (Fsp3) is 0.141. The third kappa shape index (κ3) is 10.2. The van der Waals surface area contributed by atoms with E-state index in [1.165, 1.54) is 0 Å². The number of nitrogens with one attached hydrogen (secondary N) is 4. The van der Waals surface area contributed by atoms with Gasteiger partial charge in [-0.15, -0.1) is 0 Å². The number of carbonyl (C=O) groups is 1. The van der Waals surface area contributed by atoms with E-state index in [-0.39, 0.29) is 5.91 Å². The van der Waals surface area contributed by atoms with Crippen molar-refractivity contribution in [3.8, 4) is 50.3 Å². The van der Waals surface area contributed by atoms with Crippen molar-refractivity contribution >= 4 is 91.4 Å². The van der Waals surface area contributed by atoms with Crippen LogP contribution < -0.4 is 15.4 Å². The highest BCUT2D eigenvalue weighted by atomic mass is 35.5. The Morgan fingerprint density at radius 3 is 1.44 bits per heavy atom. The van der Waals surface area contributed by atoms with Crippen LogP contribution in [0.2, 0.25) is 5.02 Å². The van der Waals surface area contributed by atoms with E-state index in [2.05, 4.69) is 84.1 Å². The van der Waals surface area contributed by atoms with E-state index in [9.17, 15) is 4.79 Å². The zero-order valence-corrected chi connectivity index (χ0v) is 43.1. The molecule has 2 aliphatic rings. The first-order chi connectivity index (χ1) is 38.0. The number of H-pyrrole nitrogens is 2. The van der Waals surface area contributed by atoms with Gasteiger partial charge in [-0.2, -0.15) is 0 Å². The highest BCUT2D eigenvalue weighted by Gasteiger charge is 2.20. The maximum Gasteiger partial charge on any atom is 0.251 e. The lowest BCUT2D eigenvalue weighted by Crippen LogP contribution is -2.24. The van der Waals surface area contributed by atoms with Crippen LogP contribution in [0.4, 0.5) is 5.69 Å². The summed E-state index contributed by atoms with van der Waals surface area (Å²) in [7, 11) is 1.68. The second kappa shape index (κ2) is 21.9. The molecule has 378 valence electrons. The van der Waals surface area contributed by atoms with Gasteiger partial charge in [-0.3, -0.25) is 19.7 Å². The molecule has 12 nitrogen and oxygen atoms in total. The summed E-state index contributed by atoms with van der Waals surface area (Å²) in [5.41, 5.74) is 17.7. The van der Waals surface area contributed by atoms with Gasteiger partial charge in [0.2, 0.25) is 0 Å². The van der Waals surface area contributed by atoms with Gasteiger partial charge in [0.15, 0.2) is 0 Å². The zero-order chi connectivity index (χ0) is 52.1. The molecule has 1 amide bonds. The normalized spacial score (nSPS) is 11.9. The van der Waals surface area contributed by atoms with Crippen LogP contribution >= 0.6 is 11.6 Å². The number of fused-ring (bicyclic) bond motifs is 10. The number of halogens is 1. The highest BCUT2D eigenvalue weighted by molar-refractivity contribution is 6.31. The summed E-state index contributed by atoms with van der Waals surface area (Å²) in [6.45, 7) is 1.45. The highest BCUT2D eigenvalue weighted by Crippen LogP contribution is 2.39. The van der Waals surface area contributed by atoms with Crippen LogP contribution in [0.3, 0.4) is 0 Å². The molecule has 0 atom stereocenters. The van der Waals surface area contributed by atoms with E-state index in [1.54, 1.807) is 44.3 Å². The number of carbonyl (C=O) groups excluding carboxylic acids is 1. The number of amides is 1. The molecule has 3 aromatic carbocycles. The Hall–Kier alpha value is -9.26. The SMILES string of the molecule is COc1ccc2nc3cc(Cl)ccc3c(NCCCCCCCCNC(=O)c3ccc(-c4c5nc(c(-c6ccncc6)c6ccc([nH]6)c(-c6ccncc6)c6nc(c(-c7ccncc7)c7ccc4[nH]7)C=C6)C=C5)cc3)c2c1. The number of ether oxygens (including phenoxy) is 1. The predicted octanol–water partition coefficient (Wildman–Crippen LogP) is 15.1. The lowest BCUT2D eigenvalue weighted by molar-refractivity contribution is 0.0953. The number of aromatic amines is 2. The van der Waals surface area contributed by atoms with Crippen molar-refractivity contribution in [2.45, 2.75) is 38.5 Å². The standard InChI is InChI=1S/C64H53ClN10O2/c1-77-46-13-15-49-48(39-46)63(47-14-12-45(65)38-58(47)71-49)69-30-6-4-2-3-5-7-31-70-64(76)44-10-8-40(9-11-44)59-50-16-18-52(72-50)60(41-24-32-66-33-25-41)54-20-22-56(74-54)62(43-28-36-68-37-29-43)57-23-21-55(75-57)61(42-26-34-67-35-27-42)53-19-17-51(59)73-53/h8-29,32-39,72,75H,2-7,30-31H2,1H3,(H,69,71)(H,70,76). The number of aromatic nitrogens is 8. The summed E-state index contributed by atoms with van der Waals surface area (Å²) in [5, 5.41) is 9.60. The predicted molar refractivity (Wildman–Crippen MR) is 313 cm³/mol. The lowest BCUT2D eigenvalue weighted by Gasteiger charge is -2.14. The number of rotatable bonds is 16. The third-order valence-corrected chi connectivity index (χ3v) is 14.5. The van der Waals surface area contributed by atoms with Gasteiger partial charge in [-0.25, -0.2) is 15.0 Å². The maximum atomic E-state index is 13.6. The molecule has 10 aromatic rings. The van der Waals surface area contributed by atoms with Gasteiger partial charge in [-0.05, 0) is 169 Å². The molecule has 0 radical (unpaired) electrons. The van der Waals surface area contributed by atoms with Gasteiger partial charge in [0.05, 0.1) is 46.6 Å². The van der Waals surface area contributed by atoms with Gasteiger partial charge in [-0.1, -0.05) is 49.4 Å². The van der Waals surface area contributed by atoms with Crippen molar-refractivity contribution < 1.29 is 9.53 Å². The minimum atomic E-state index is -0.0954. The van der Waals surface area contributed by atoms with Crippen LogP contribution in [-0.4, -0.2) is 66.0 Å². The van der Waals surface area contributed by atoms with Crippen molar-refractivity contribution in [1.29, 1.82) is 0 Å². The Labute approximate surface area is 450 Å². The summed E-state index contributed by atoms with van der Waals surface area (Å²) in [6, 6.07) is 40.1. The average molecular weight is 1030 g/mol. The van der Waals surface area contributed by atoms with E-state index < -0.39 is 0 Å². The summed E-state index contributed by atoms with van der Waals surface area (Å²) in [5.74, 6) is 0.699. The number of benzene rings is 3. The molecule has 0 saturated heterocycles. The Morgan fingerprint density at radius 1 is 0.481 bits per heavy atom. The second-order valence-corrected chi connectivity index (χ2v) is 19.6. The molecule has 0 aliphatic carbocycles. The van der Waals surface area contributed by atoms with Crippen molar-refractivity contribution in [2.75, 3.05) is 25.5 Å². The Kier molecular flexibility index (Phi) is 13.8. The van der Waals surface area contributed by atoms with Crippen molar-refractivity contribution in [3.05, 3.63) is 192 Å². The molecular weight excluding hydrogens is 976 g/mol. The number of nitrogens with zero attached hydrogens (tertiary/aromatic N) is 6. The Balaban J connectivity index is 0.786. The maximum absolute atomic E-state index is 13.6. The van der Waals surface area contributed by atoms with Crippen LogP contribution in [0.5, 0.6) is 5.75 Å². The number of hydrogen-bond acceptors (Lipinski definition) is 9. The van der Waals surface area contributed by atoms with Gasteiger partial charge < -0.3 is 25.3 Å². The van der Waals surface area contributed by atoms with E-state index in [0.29, 0.717) is 17.1 Å². The largest absolute Gasteiger partial charge is 0.497 e. The van der Waals surface area contributed by atoms with Gasteiger partial charge >= 0.3 is 0 Å². The molecule has 4 N–H and O–H groups in total. The van der Waals surface area contributed by atoms with Crippen LogP contribution in [0.15, 0.2) is 159 Å². The zero-order valence-electron chi connectivity index (χ0n) is 42.4. The fourth-order valence-corrected chi connectivity index (χ4v) is 10.6. The van der Waals surface area contributed by atoms with Crippen LogP contribution in [0.25, 0.3) is 113 Å². The molecule has 0 fully saturated rings. The van der Waals surface area contributed by atoms with Crippen LogP contribution in [0, 0.1) is 0 Å². The fourth-order valence-electron chi connectivity index (χ4n) is 10.5. The van der Waals surface area contributed by atoms with Gasteiger partial charge in [0.1, 0.15) is 5.75 Å². The molecule has 8 bridgehead atoms. The molecule has 2 aliphatic heterocycles.